The first-order chi connectivity index (χ1) is 16.0. The van der Waals surface area contributed by atoms with Crippen LogP contribution in [0.1, 0.15) is 51.9 Å². The number of carbonyl (C=O) groups excluding carboxylic acids is 1. The van der Waals surface area contributed by atoms with Crippen LogP contribution >= 0.6 is 0 Å². The molecule has 0 atom stereocenters. The van der Waals surface area contributed by atoms with Gasteiger partial charge in [0.2, 0.25) is 15.7 Å². The van der Waals surface area contributed by atoms with Crippen LogP contribution in [0.15, 0.2) is 52.3 Å². The number of hydrogen-bond acceptors (Lipinski definition) is 5. The van der Waals surface area contributed by atoms with Crippen molar-refractivity contribution in [1.29, 1.82) is 5.26 Å². The Labute approximate surface area is 200 Å². The number of sulfone groups is 1. The average Bonchev–Trinajstić information content (AvgIpc) is 3.17. The van der Waals surface area contributed by atoms with Crippen LogP contribution < -0.4 is 0 Å². The molecule has 4 rings (SSSR count). The number of nitriles is 1. The molecule has 1 fully saturated rings. The van der Waals surface area contributed by atoms with Crippen LogP contribution in [-0.4, -0.2) is 41.9 Å². The highest BCUT2D eigenvalue weighted by molar-refractivity contribution is 7.91. The van der Waals surface area contributed by atoms with Gasteiger partial charge in [0.05, 0.1) is 26.4 Å². The van der Waals surface area contributed by atoms with Crippen molar-refractivity contribution in [2.75, 3.05) is 13.1 Å². The molecule has 0 radical (unpaired) electrons. The topological polar surface area (TPSA) is 96.1 Å². The summed E-state index contributed by atoms with van der Waals surface area (Å²) in [6.45, 7) is 10.2. The van der Waals surface area contributed by atoms with Gasteiger partial charge in [-0.3, -0.25) is 4.79 Å². The summed E-state index contributed by atoms with van der Waals surface area (Å²) in [5, 5.41) is 9.38. The number of imidazole rings is 1. The maximum Gasteiger partial charge on any atom is 0.219 e. The van der Waals surface area contributed by atoms with Gasteiger partial charge in [0, 0.05) is 32.0 Å². The third-order valence-electron chi connectivity index (χ3n) is 6.50. The third kappa shape index (κ3) is 4.45. The molecule has 1 aromatic heterocycles. The highest BCUT2D eigenvalue weighted by Crippen LogP contribution is 2.32. The lowest BCUT2D eigenvalue weighted by Crippen LogP contribution is -2.38. The van der Waals surface area contributed by atoms with Crippen LogP contribution in [0.2, 0.25) is 0 Å². The van der Waals surface area contributed by atoms with Gasteiger partial charge >= 0.3 is 0 Å². The molecule has 0 aliphatic carbocycles. The van der Waals surface area contributed by atoms with E-state index >= 15 is 0 Å². The van der Waals surface area contributed by atoms with Crippen LogP contribution in [0.3, 0.4) is 0 Å². The van der Waals surface area contributed by atoms with Gasteiger partial charge < -0.3 is 9.47 Å². The Morgan fingerprint density at radius 1 is 1.15 bits per heavy atom. The van der Waals surface area contributed by atoms with Crippen molar-refractivity contribution < 1.29 is 13.2 Å². The van der Waals surface area contributed by atoms with Gasteiger partial charge in [-0.05, 0) is 49.1 Å². The molecule has 0 spiro atoms. The smallest absolute Gasteiger partial charge is 0.219 e. The predicted octanol–water partition coefficient (Wildman–Crippen LogP) is 4.30. The Hall–Kier alpha value is -3.18. The Morgan fingerprint density at radius 2 is 1.82 bits per heavy atom. The Kier molecular flexibility index (Phi) is 6.26. The molecule has 0 bridgehead atoms. The highest BCUT2D eigenvalue weighted by Gasteiger charge is 2.28. The zero-order valence-electron chi connectivity index (χ0n) is 20.1. The maximum absolute atomic E-state index is 13.3. The van der Waals surface area contributed by atoms with E-state index in [0.29, 0.717) is 11.4 Å². The quantitative estimate of drug-likeness (QED) is 0.557. The van der Waals surface area contributed by atoms with E-state index in [1.807, 2.05) is 17.0 Å². The molecule has 1 aliphatic rings. The summed E-state index contributed by atoms with van der Waals surface area (Å²) in [6, 6.07) is 13.3. The summed E-state index contributed by atoms with van der Waals surface area (Å²) >= 11 is 0. The second-order valence-corrected chi connectivity index (χ2v) is 11.9. The molecule has 0 N–H and O–H groups in total. The van der Waals surface area contributed by atoms with Crippen molar-refractivity contribution in [3.63, 3.8) is 0 Å². The van der Waals surface area contributed by atoms with Gasteiger partial charge in [-0.1, -0.05) is 32.9 Å². The van der Waals surface area contributed by atoms with Crippen molar-refractivity contribution in [2.45, 2.75) is 62.3 Å². The number of amides is 1. The molecular formula is C26H30N4O3S. The van der Waals surface area contributed by atoms with Crippen molar-refractivity contribution >= 4 is 26.8 Å². The fourth-order valence-corrected chi connectivity index (χ4v) is 6.07. The number of fused-ring (bicyclic) bond motifs is 1. The van der Waals surface area contributed by atoms with Gasteiger partial charge in [-0.15, -0.1) is 0 Å². The number of aromatic nitrogens is 2. The summed E-state index contributed by atoms with van der Waals surface area (Å²) in [7, 11) is -3.86. The van der Waals surface area contributed by atoms with Crippen LogP contribution in [0.5, 0.6) is 0 Å². The SMILES string of the molecule is CC(=O)N1CCC(Cn2c(C(C)(C)C)nc3cc(S(=O)(=O)c4ccccc4C#N)ccc32)CC1. The minimum absolute atomic E-state index is 0.00422. The normalized spacial score (nSPS) is 15.4. The molecule has 8 heteroatoms. The number of likely N-dealkylation sites (tertiary alicyclic amines) is 1. The summed E-state index contributed by atoms with van der Waals surface area (Å²) < 4.78 is 28.9. The number of nitrogens with zero attached hydrogens (tertiary/aromatic N) is 4. The van der Waals surface area contributed by atoms with Crippen LogP contribution in [0, 0.1) is 17.2 Å². The number of benzene rings is 2. The molecule has 2 heterocycles. The minimum Gasteiger partial charge on any atom is -0.343 e. The summed E-state index contributed by atoms with van der Waals surface area (Å²) in [5.74, 6) is 1.44. The maximum atomic E-state index is 13.3. The second kappa shape index (κ2) is 8.88. The van der Waals surface area contributed by atoms with E-state index in [2.05, 4.69) is 25.3 Å². The molecule has 7 nitrogen and oxygen atoms in total. The molecule has 2 aromatic carbocycles. The Balaban J connectivity index is 1.74. The van der Waals surface area contributed by atoms with Crippen LogP contribution in [-0.2, 0) is 26.6 Å². The van der Waals surface area contributed by atoms with Gasteiger partial charge in [0.15, 0.2) is 0 Å². The van der Waals surface area contributed by atoms with Crippen molar-refractivity contribution in [3.05, 3.63) is 53.9 Å². The monoisotopic (exact) mass is 478 g/mol. The van der Waals surface area contributed by atoms with E-state index in [-0.39, 0.29) is 26.7 Å². The lowest BCUT2D eigenvalue weighted by molar-refractivity contribution is -0.130. The first-order valence-electron chi connectivity index (χ1n) is 11.5. The molecule has 1 amide bonds. The summed E-state index contributed by atoms with van der Waals surface area (Å²) in [6.07, 6.45) is 1.86. The van der Waals surface area contributed by atoms with Gasteiger partial charge in [0.1, 0.15) is 11.9 Å². The standard InChI is InChI=1S/C26H30N4O3S/c1-18(31)29-13-11-19(12-14-29)17-30-23-10-9-21(15-22(23)28-25(30)26(2,3)4)34(32,33)24-8-6-5-7-20(24)16-27/h5-10,15,19H,11-14,17H2,1-4H3. The zero-order chi connectivity index (χ0) is 24.7. The molecule has 1 aliphatic heterocycles. The van der Waals surface area contributed by atoms with E-state index in [1.54, 1.807) is 31.2 Å². The fraction of sp³-hybridized carbons (Fsp3) is 0.423. The zero-order valence-corrected chi connectivity index (χ0v) is 20.9. The first kappa shape index (κ1) is 24.0. The third-order valence-corrected chi connectivity index (χ3v) is 8.31. The van der Waals surface area contributed by atoms with E-state index in [1.165, 1.54) is 12.1 Å². The molecule has 0 unspecified atom stereocenters. The molecular weight excluding hydrogens is 448 g/mol. The number of hydrogen-bond donors (Lipinski definition) is 0. The molecule has 0 saturated carbocycles. The van der Waals surface area contributed by atoms with E-state index in [4.69, 9.17) is 4.98 Å². The largest absolute Gasteiger partial charge is 0.343 e. The Morgan fingerprint density at radius 3 is 2.44 bits per heavy atom. The number of rotatable bonds is 4. The molecule has 34 heavy (non-hydrogen) atoms. The van der Waals surface area contributed by atoms with Gasteiger partial charge in [0.25, 0.3) is 0 Å². The van der Waals surface area contributed by atoms with E-state index < -0.39 is 9.84 Å². The molecule has 3 aromatic rings. The van der Waals surface area contributed by atoms with Crippen LogP contribution in [0.4, 0.5) is 0 Å². The van der Waals surface area contributed by atoms with E-state index in [0.717, 1.165) is 43.8 Å². The predicted molar refractivity (Wildman–Crippen MR) is 130 cm³/mol. The van der Waals surface area contributed by atoms with Crippen molar-refractivity contribution in [2.24, 2.45) is 5.92 Å². The minimum atomic E-state index is -3.86. The lowest BCUT2D eigenvalue weighted by Gasteiger charge is -2.32. The highest BCUT2D eigenvalue weighted by atomic mass is 32.2. The Bertz CT molecular complexity index is 1390. The van der Waals surface area contributed by atoms with Crippen LogP contribution in [0.25, 0.3) is 11.0 Å². The number of carbonyl (C=O) groups is 1. The van der Waals surface area contributed by atoms with Crippen molar-refractivity contribution in [1.82, 2.24) is 14.5 Å². The summed E-state index contributed by atoms with van der Waals surface area (Å²) in [5.41, 5.74) is 1.42. The molecule has 178 valence electrons. The van der Waals surface area contributed by atoms with Crippen molar-refractivity contribution in [3.8, 4) is 6.07 Å². The first-order valence-corrected chi connectivity index (χ1v) is 13.0. The fourth-order valence-electron chi connectivity index (χ4n) is 4.64. The second-order valence-electron chi connectivity index (χ2n) is 10.0. The number of piperidine rings is 1. The molecule has 1 saturated heterocycles. The summed E-state index contributed by atoms with van der Waals surface area (Å²) in [4.78, 5) is 18.6. The van der Waals surface area contributed by atoms with Gasteiger partial charge in [-0.2, -0.15) is 5.26 Å². The van der Waals surface area contributed by atoms with E-state index in [9.17, 15) is 18.5 Å². The average molecular weight is 479 g/mol. The lowest BCUT2D eigenvalue weighted by atomic mass is 9.93. The van der Waals surface area contributed by atoms with Gasteiger partial charge in [-0.25, -0.2) is 13.4 Å².